The molecule has 2 aromatic rings. The van der Waals surface area contributed by atoms with E-state index >= 15 is 0 Å². The summed E-state index contributed by atoms with van der Waals surface area (Å²) >= 11 is 0. The monoisotopic (exact) mass is 404 g/mol. The Bertz CT molecular complexity index is 898. The molecule has 0 bridgehead atoms. The van der Waals surface area contributed by atoms with E-state index in [9.17, 15) is 9.59 Å². The van der Waals surface area contributed by atoms with Crippen LogP contribution in [0.1, 0.15) is 29.1 Å². The summed E-state index contributed by atoms with van der Waals surface area (Å²) in [5.74, 6) is 0.737. The highest BCUT2D eigenvalue weighted by Crippen LogP contribution is 2.33. The van der Waals surface area contributed by atoms with Crippen molar-refractivity contribution in [2.24, 2.45) is 7.05 Å². The van der Waals surface area contributed by atoms with Gasteiger partial charge in [0.05, 0.1) is 11.4 Å². The molecule has 1 aromatic heterocycles. The Morgan fingerprint density at radius 1 is 1.29 bits per heavy atom. The summed E-state index contributed by atoms with van der Waals surface area (Å²) in [4.78, 5) is 33.6. The molecule has 8 nitrogen and oxygen atoms in total. The number of carbonyl (C=O) groups excluding carboxylic acids is 2. The first-order chi connectivity index (χ1) is 13.0. The van der Waals surface area contributed by atoms with Gasteiger partial charge in [-0.1, -0.05) is 0 Å². The van der Waals surface area contributed by atoms with E-state index in [2.05, 4.69) is 15.6 Å². The maximum Gasteiger partial charge on any atom is 0.254 e. The summed E-state index contributed by atoms with van der Waals surface area (Å²) in [6.45, 7) is 3.87. The molecule has 1 saturated heterocycles. The average Bonchev–Trinajstić information content (AvgIpc) is 3.11. The number of carbonyl (C=O) groups is 2. The van der Waals surface area contributed by atoms with Gasteiger partial charge in [0.2, 0.25) is 5.91 Å². The minimum absolute atomic E-state index is 0. The molecule has 28 heavy (non-hydrogen) atoms. The molecule has 1 aromatic carbocycles. The van der Waals surface area contributed by atoms with Gasteiger partial charge in [-0.25, -0.2) is 4.98 Å². The molecule has 150 valence electrons. The van der Waals surface area contributed by atoms with Crippen molar-refractivity contribution in [2.75, 3.05) is 36.9 Å². The van der Waals surface area contributed by atoms with E-state index in [1.54, 1.807) is 12.3 Å². The van der Waals surface area contributed by atoms with Crippen molar-refractivity contribution in [3.63, 3.8) is 0 Å². The second kappa shape index (κ2) is 7.81. The quantitative estimate of drug-likeness (QED) is 0.790. The lowest BCUT2D eigenvalue weighted by Crippen LogP contribution is -2.49. The highest BCUT2D eigenvalue weighted by atomic mass is 35.5. The van der Waals surface area contributed by atoms with Gasteiger partial charge in [0.15, 0.2) is 0 Å². The van der Waals surface area contributed by atoms with Crippen LogP contribution in [-0.4, -0.2) is 59.0 Å². The molecule has 9 heteroatoms. The number of rotatable bonds is 2. The molecular formula is C19H25ClN6O2. The van der Waals surface area contributed by atoms with E-state index in [4.69, 9.17) is 0 Å². The zero-order chi connectivity index (χ0) is 19.1. The third-order valence-electron chi connectivity index (χ3n) is 5.50. The Balaban J connectivity index is 0.00000225. The fourth-order valence-electron chi connectivity index (χ4n) is 3.74. The molecule has 4 rings (SSSR count). The van der Waals surface area contributed by atoms with E-state index in [-0.39, 0.29) is 36.3 Å². The number of benzene rings is 1. The van der Waals surface area contributed by atoms with Gasteiger partial charge in [-0.15, -0.1) is 12.4 Å². The summed E-state index contributed by atoms with van der Waals surface area (Å²) in [5, 5.41) is 6.25. The van der Waals surface area contributed by atoms with Crippen molar-refractivity contribution in [1.82, 2.24) is 19.8 Å². The number of hydrogen-bond donors (Lipinski definition) is 2. The molecule has 2 unspecified atom stereocenters. The number of likely N-dealkylation sites (N-methyl/N-ethyl adjacent to an activating group) is 1. The number of aryl methyl sites for hydroxylation is 1. The van der Waals surface area contributed by atoms with Gasteiger partial charge < -0.3 is 25.0 Å². The van der Waals surface area contributed by atoms with Gasteiger partial charge >= 0.3 is 0 Å². The van der Waals surface area contributed by atoms with E-state index in [0.717, 1.165) is 18.1 Å². The van der Waals surface area contributed by atoms with Crippen molar-refractivity contribution in [3.8, 4) is 0 Å². The molecule has 2 aliphatic heterocycles. The van der Waals surface area contributed by atoms with E-state index in [1.807, 2.05) is 53.7 Å². The van der Waals surface area contributed by atoms with Gasteiger partial charge in [-0.05, 0) is 25.1 Å². The topological polar surface area (TPSA) is 82.5 Å². The Hall–Kier alpha value is -2.58. The normalized spacial score (nSPS) is 21.6. The van der Waals surface area contributed by atoms with E-state index in [1.165, 1.54) is 0 Å². The van der Waals surface area contributed by atoms with Gasteiger partial charge in [0.25, 0.3) is 5.91 Å². The molecule has 0 radical (unpaired) electrons. The Labute approximate surface area is 170 Å². The molecule has 2 N–H and O–H groups in total. The minimum atomic E-state index is -0.236. The molecule has 0 spiro atoms. The van der Waals surface area contributed by atoms with Crippen LogP contribution in [0, 0.1) is 0 Å². The Morgan fingerprint density at radius 3 is 2.79 bits per heavy atom. The molecule has 2 amide bonds. The first-order valence-corrected chi connectivity index (χ1v) is 9.14. The van der Waals surface area contributed by atoms with Crippen LogP contribution in [-0.2, 0) is 11.8 Å². The molecule has 2 atom stereocenters. The van der Waals surface area contributed by atoms with Crippen LogP contribution in [0.4, 0.5) is 11.4 Å². The Kier molecular flexibility index (Phi) is 5.62. The highest BCUT2D eigenvalue weighted by molar-refractivity contribution is 6.05. The number of nitrogens with zero attached hydrogens (tertiary/aromatic N) is 4. The van der Waals surface area contributed by atoms with Crippen molar-refractivity contribution < 1.29 is 9.59 Å². The molecule has 1 fully saturated rings. The largest absolute Gasteiger partial charge is 0.361 e. The number of nitrogens with one attached hydrogen (secondary N) is 2. The molecule has 0 saturated carbocycles. The maximum atomic E-state index is 13.3. The fourth-order valence-corrected chi connectivity index (χ4v) is 3.74. The van der Waals surface area contributed by atoms with Crippen LogP contribution in [0.3, 0.4) is 0 Å². The highest BCUT2D eigenvalue weighted by Gasteiger charge is 2.32. The number of imidazole rings is 1. The predicted molar refractivity (Wildman–Crippen MR) is 110 cm³/mol. The summed E-state index contributed by atoms with van der Waals surface area (Å²) in [6.07, 6.45) is 3.63. The first-order valence-electron chi connectivity index (χ1n) is 9.14. The van der Waals surface area contributed by atoms with E-state index in [0.29, 0.717) is 24.3 Å². The summed E-state index contributed by atoms with van der Waals surface area (Å²) in [6, 6.07) is 5.14. The zero-order valence-corrected chi connectivity index (χ0v) is 17.0. The van der Waals surface area contributed by atoms with E-state index < -0.39 is 0 Å². The molecule has 2 aliphatic rings. The molecule has 0 aliphatic carbocycles. The van der Waals surface area contributed by atoms with Crippen LogP contribution >= 0.6 is 12.4 Å². The lowest BCUT2D eigenvalue weighted by molar-refractivity contribution is -0.117. The standard InChI is InChI=1S/C19H24N6O2.ClH/c1-12-18(26)22-14-10-13(4-5-15(14)24(12)3)19(27)25-9-6-20-11-16(25)17-21-7-8-23(17)2;/h4-5,7-8,10,12,16,20H,6,9,11H2,1-3H3,(H,22,26);1H. The second-order valence-corrected chi connectivity index (χ2v) is 7.12. The Morgan fingerprint density at radius 2 is 2.07 bits per heavy atom. The zero-order valence-electron chi connectivity index (χ0n) is 16.2. The number of aromatic nitrogens is 2. The van der Waals surface area contributed by atoms with Crippen LogP contribution in [0.5, 0.6) is 0 Å². The van der Waals surface area contributed by atoms with Gasteiger partial charge in [-0.3, -0.25) is 9.59 Å². The number of halogens is 1. The van der Waals surface area contributed by atoms with Crippen molar-refractivity contribution in [1.29, 1.82) is 0 Å². The van der Waals surface area contributed by atoms with Crippen molar-refractivity contribution in [2.45, 2.75) is 19.0 Å². The van der Waals surface area contributed by atoms with Crippen molar-refractivity contribution in [3.05, 3.63) is 42.0 Å². The lowest BCUT2D eigenvalue weighted by Gasteiger charge is -2.36. The molecular weight excluding hydrogens is 380 g/mol. The fraction of sp³-hybridized carbons (Fsp3) is 0.421. The third kappa shape index (κ3) is 3.33. The number of fused-ring (bicyclic) bond motifs is 1. The smallest absolute Gasteiger partial charge is 0.254 e. The van der Waals surface area contributed by atoms with Crippen LogP contribution < -0.4 is 15.5 Å². The SMILES string of the molecule is CC1C(=O)Nc2cc(C(=O)N3CCNCC3c3nccn3C)ccc2N1C.Cl. The minimum Gasteiger partial charge on any atom is -0.361 e. The lowest BCUT2D eigenvalue weighted by atomic mass is 10.0. The number of anilines is 2. The number of piperazine rings is 1. The molecule has 3 heterocycles. The van der Waals surface area contributed by atoms with Crippen LogP contribution in [0.15, 0.2) is 30.6 Å². The maximum absolute atomic E-state index is 13.3. The predicted octanol–water partition coefficient (Wildman–Crippen LogP) is 1.41. The van der Waals surface area contributed by atoms with Gasteiger partial charge in [0.1, 0.15) is 17.9 Å². The van der Waals surface area contributed by atoms with Gasteiger partial charge in [-0.2, -0.15) is 0 Å². The second-order valence-electron chi connectivity index (χ2n) is 7.12. The number of hydrogen-bond acceptors (Lipinski definition) is 5. The summed E-state index contributed by atoms with van der Waals surface area (Å²) in [7, 11) is 3.82. The third-order valence-corrected chi connectivity index (χ3v) is 5.50. The first kappa shape index (κ1) is 20.2. The van der Waals surface area contributed by atoms with Gasteiger partial charge in [0, 0.05) is 51.7 Å². The average molecular weight is 405 g/mol. The summed E-state index contributed by atoms with van der Waals surface area (Å²) in [5.41, 5.74) is 2.16. The number of amides is 2. The van der Waals surface area contributed by atoms with Crippen molar-refractivity contribution >= 4 is 35.6 Å². The van der Waals surface area contributed by atoms with Crippen LogP contribution in [0.25, 0.3) is 0 Å². The van der Waals surface area contributed by atoms with Crippen LogP contribution in [0.2, 0.25) is 0 Å². The summed E-state index contributed by atoms with van der Waals surface area (Å²) < 4.78 is 1.95.